The Labute approximate surface area is 119 Å². The third-order valence-electron chi connectivity index (χ3n) is 2.35. The fraction of sp³-hybridized carbons (Fsp3) is 0. The van der Waals surface area contributed by atoms with Crippen LogP contribution in [-0.4, -0.2) is 15.9 Å². The second-order valence-electron chi connectivity index (χ2n) is 3.67. The molecule has 0 fully saturated rings. The van der Waals surface area contributed by atoms with Crippen LogP contribution in [0.2, 0.25) is 0 Å². The molecule has 0 saturated carbocycles. The highest BCUT2D eigenvalue weighted by molar-refractivity contribution is 9.08. The van der Waals surface area contributed by atoms with Gasteiger partial charge in [0.05, 0.1) is 16.1 Å². The minimum atomic E-state index is -0.556. The molecule has 0 aliphatic carbocycles. The summed E-state index contributed by atoms with van der Waals surface area (Å²) in [4.78, 5) is 23.9. The van der Waals surface area contributed by atoms with Gasteiger partial charge in [0.1, 0.15) is 0 Å². The van der Waals surface area contributed by atoms with Gasteiger partial charge in [-0.2, -0.15) is 3.93 Å². The van der Waals surface area contributed by atoms with E-state index in [-0.39, 0.29) is 0 Å². The van der Waals surface area contributed by atoms with Crippen LogP contribution in [0.4, 0.5) is 10.5 Å². The molecule has 3 amide bonds. The lowest BCUT2D eigenvalue weighted by Gasteiger charge is -2.13. The fourth-order valence-electron chi connectivity index (χ4n) is 1.43. The zero-order valence-electron chi connectivity index (χ0n) is 9.84. The lowest BCUT2D eigenvalue weighted by Crippen LogP contribution is -2.31. The van der Waals surface area contributed by atoms with E-state index in [2.05, 4.69) is 27.5 Å². The van der Waals surface area contributed by atoms with Crippen molar-refractivity contribution in [3.05, 3.63) is 66.2 Å². The molecule has 0 atom stereocenters. The summed E-state index contributed by atoms with van der Waals surface area (Å²) in [5.74, 6) is -0.430. The van der Waals surface area contributed by atoms with E-state index in [4.69, 9.17) is 0 Å². The Morgan fingerprint density at radius 3 is 2.32 bits per heavy atom. The summed E-state index contributed by atoms with van der Waals surface area (Å²) in [7, 11) is 0. The number of rotatable bonds is 2. The van der Waals surface area contributed by atoms with Gasteiger partial charge in [-0.05, 0) is 30.3 Å². The Morgan fingerprint density at radius 2 is 1.68 bits per heavy atom. The second-order valence-corrected chi connectivity index (χ2v) is 4.38. The number of imide groups is 1. The molecule has 0 heterocycles. The number of urea groups is 1. The molecule has 0 bridgehead atoms. The van der Waals surface area contributed by atoms with Crippen molar-refractivity contribution >= 4 is 33.8 Å². The van der Waals surface area contributed by atoms with Crippen LogP contribution in [0.1, 0.15) is 10.4 Å². The molecule has 5 heteroatoms. The topological polar surface area (TPSA) is 49.4 Å². The largest absolute Gasteiger partial charge is 0.339 e. The summed E-state index contributed by atoms with van der Waals surface area (Å²) in [6, 6.07) is 17.6. The molecular formula is C14H10BrN2O2. The SMILES string of the molecule is O=C(Nc1cc[c]cc1)N(Br)C(=O)c1ccccc1. The molecule has 0 aliphatic heterocycles. The van der Waals surface area contributed by atoms with E-state index in [1.165, 1.54) is 0 Å². The molecule has 0 aromatic heterocycles. The van der Waals surface area contributed by atoms with E-state index in [1.54, 1.807) is 54.6 Å². The second kappa shape index (κ2) is 6.15. The molecule has 0 saturated heterocycles. The highest BCUT2D eigenvalue weighted by atomic mass is 79.9. The summed E-state index contributed by atoms with van der Waals surface area (Å²) in [6.07, 6.45) is 0. The number of hydrogen-bond acceptors (Lipinski definition) is 2. The maximum Gasteiger partial charge on any atom is 0.339 e. The number of nitrogens with one attached hydrogen (secondary N) is 1. The summed E-state index contributed by atoms with van der Waals surface area (Å²) in [5.41, 5.74) is 1.02. The molecule has 4 nitrogen and oxygen atoms in total. The lowest BCUT2D eigenvalue weighted by atomic mass is 10.2. The third-order valence-corrected chi connectivity index (χ3v) is 2.99. The number of hydrogen-bond donors (Lipinski definition) is 1. The average Bonchev–Trinajstić information content (AvgIpc) is 2.47. The van der Waals surface area contributed by atoms with E-state index in [1.807, 2.05) is 0 Å². The molecule has 1 N–H and O–H groups in total. The molecule has 2 aromatic rings. The first-order chi connectivity index (χ1) is 9.18. The predicted molar refractivity (Wildman–Crippen MR) is 75.8 cm³/mol. The van der Waals surface area contributed by atoms with Gasteiger partial charge in [-0.1, -0.05) is 30.3 Å². The Kier molecular flexibility index (Phi) is 4.30. The van der Waals surface area contributed by atoms with Gasteiger partial charge in [-0.15, -0.1) is 0 Å². The zero-order valence-corrected chi connectivity index (χ0v) is 11.4. The van der Waals surface area contributed by atoms with Crippen molar-refractivity contribution < 1.29 is 9.59 Å². The maximum absolute atomic E-state index is 12.0. The first-order valence-corrected chi connectivity index (χ1v) is 6.22. The van der Waals surface area contributed by atoms with Crippen molar-refractivity contribution in [2.45, 2.75) is 0 Å². The van der Waals surface area contributed by atoms with Gasteiger partial charge in [0, 0.05) is 11.3 Å². The van der Waals surface area contributed by atoms with Crippen LogP contribution in [-0.2, 0) is 0 Å². The Balaban J connectivity index is 2.06. The fourth-order valence-corrected chi connectivity index (χ4v) is 1.72. The van der Waals surface area contributed by atoms with Crippen LogP contribution in [0.5, 0.6) is 0 Å². The van der Waals surface area contributed by atoms with Crippen molar-refractivity contribution in [1.82, 2.24) is 3.93 Å². The number of nitrogens with zero attached hydrogens (tertiary/aromatic N) is 1. The summed E-state index contributed by atoms with van der Waals surface area (Å²) >= 11 is 2.97. The Hall–Kier alpha value is -2.14. The minimum Gasteiger partial charge on any atom is -0.307 e. The zero-order chi connectivity index (χ0) is 13.7. The number of amides is 3. The normalized spacial score (nSPS) is 9.74. The number of halogens is 1. The van der Waals surface area contributed by atoms with E-state index < -0.39 is 11.9 Å². The van der Waals surface area contributed by atoms with Gasteiger partial charge >= 0.3 is 6.03 Å². The van der Waals surface area contributed by atoms with Gasteiger partial charge in [0.25, 0.3) is 5.91 Å². The van der Waals surface area contributed by atoms with Crippen LogP contribution in [0, 0.1) is 6.07 Å². The van der Waals surface area contributed by atoms with Crippen LogP contribution < -0.4 is 5.32 Å². The van der Waals surface area contributed by atoms with E-state index in [0.717, 1.165) is 3.93 Å². The molecule has 2 rings (SSSR count). The molecule has 0 aliphatic rings. The van der Waals surface area contributed by atoms with E-state index in [0.29, 0.717) is 11.3 Å². The molecule has 1 radical (unpaired) electrons. The van der Waals surface area contributed by atoms with Gasteiger partial charge in [-0.3, -0.25) is 4.79 Å². The first kappa shape index (κ1) is 13.3. The quantitative estimate of drug-likeness (QED) is 0.862. The first-order valence-electron chi connectivity index (χ1n) is 5.51. The summed E-state index contributed by atoms with van der Waals surface area (Å²) < 4.78 is 0.860. The van der Waals surface area contributed by atoms with Crippen molar-refractivity contribution in [3.63, 3.8) is 0 Å². The van der Waals surface area contributed by atoms with Crippen LogP contribution in [0.15, 0.2) is 54.6 Å². The number of anilines is 1. The lowest BCUT2D eigenvalue weighted by molar-refractivity contribution is 0.0905. The van der Waals surface area contributed by atoms with Crippen LogP contribution in [0.25, 0.3) is 0 Å². The van der Waals surface area contributed by atoms with Crippen LogP contribution in [0.3, 0.4) is 0 Å². The molecular weight excluding hydrogens is 308 g/mol. The molecule has 19 heavy (non-hydrogen) atoms. The van der Waals surface area contributed by atoms with Crippen molar-refractivity contribution in [2.75, 3.05) is 5.32 Å². The standard InChI is InChI=1S/C14H10BrN2O2/c15-17(13(18)11-7-3-1-4-8-11)14(19)16-12-9-5-2-6-10-12/h1,3-10H,(H,16,19). The van der Waals surface area contributed by atoms with E-state index >= 15 is 0 Å². The number of carbonyl (C=O) groups is 2. The maximum atomic E-state index is 12.0. The molecule has 0 spiro atoms. The summed E-state index contributed by atoms with van der Waals surface area (Å²) in [6.45, 7) is 0. The van der Waals surface area contributed by atoms with Crippen molar-refractivity contribution in [1.29, 1.82) is 0 Å². The van der Waals surface area contributed by atoms with Crippen LogP contribution >= 0.6 is 16.1 Å². The number of benzene rings is 2. The van der Waals surface area contributed by atoms with Crippen molar-refractivity contribution in [2.24, 2.45) is 0 Å². The predicted octanol–water partition coefficient (Wildman–Crippen LogP) is 3.47. The van der Waals surface area contributed by atoms with Gasteiger partial charge in [0.15, 0.2) is 0 Å². The summed E-state index contributed by atoms with van der Waals surface area (Å²) in [5, 5.41) is 2.59. The Bertz CT molecular complexity index is 573. The monoisotopic (exact) mass is 317 g/mol. The smallest absolute Gasteiger partial charge is 0.307 e. The third kappa shape index (κ3) is 3.42. The van der Waals surface area contributed by atoms with Gasteiger partial charge in [-0.25, -0.2) is 4.79 Å². The van der Waals surface area contributed by atoms with Gasteiger partial charge in [0.2, 0.25) is 0 Å². The minimum absolute atomic E-state index is 0.427. The molecule has 2 aromatic carbocycles. The highest BCUT2D eigenvalue weighted by Gasteiger charge is 2.20. The molecule has 95 valence electrons. The average molecular weight is 318 g/mol. The van der Waals surface area contributed by atoms with E-state index in [9.17, 15) is 9.59 Å². The highest BCUT2D eigenvalue weighted by Crippen LogP contribution is 2.12. The Morgan fingerprint density at radius 1 is 1.05 bits per heavy atom. The number of carbonyl (C=O) groups excluding carboxylic acids is 2. The molecule has 0 unspecified atom stereocenters. The van der Waals surface area contributed by atoms with Gasteiger partial charge < -0.3 is 5.32 Å². The van der Waals surface area contributed by atoms with Crippen molar-refractivity contribution in [3.8, 4) is 0 Å².